The summed E-state index contributed by atoms with van der Waals surface area (Å²) in [7, 11) is 6.03. The van der Waals surface area contributed by atoms with Crippen LogP contribution in [0.2, 0.25) is 0 Å². The van der Waals surface area contributed by atoms with Crippen molar-refractivity contribution >= 4 is 5.95 Å². The largest absolute Gasteiger partial charge is 0.372 e. The highest BCUT2D eigenvalue weighted by molar-refractivity contribution is 5.31. The predicted molar refractivity (Wildman–Crippen MR) is 89.1 cm³/mol. The Kier molecular flexibility index (Phi) is 4.60. The number of hydrogen-bond acceptors (Lipinski definition) is 5. The van der Waals surface area contributed by atoms with E-state index in [-0.39, 0.29) is 11.6 Å². The van der Waals surface area contributed by atoms with E-state index in [0.29, 0.717) is 0 Å². The molecule has 23 heavy (non-hydrogen) atoms. The number of likely N-dealkylation sites (tertiary alicyclic amines) is 1. The summed E-state index contributed by atoms with van der Waals surface area (Å²) in [6.07, 6.45) is 7.33. The van der Waals surface area contributed by atoms with Crippen molar-refractivity contribution in [1.82, 2.24) is 14.5 Å². The third-order valence-corrected chi connectivity index (χ3v) is 5.24. The van der Waals surface area contributed by atoms with Gasteiger partial charge in [-0.2, -0.15) is 5.26 Å². The van der Waals surface area contributed by atoms with Gasteiger partial charge in [-0.1, -0.05) is 0 Å². The number of piperidine rings is 1. The van der Waals surface area contributed by atoms with Gasteiger partial charge in [0.2, 0.25) is 5.95 Å². The second-order valence-electron chi connectivity index (χ2n) is 6.98. The molecule has 1 aromatic rings. The van der Waals surface area contributed by atoms with E-state index in [4.69, 9.17) is 4.74 Å². The van der Waals surface area contributed by atoms with Gasteiger partial charge >= 0.3 is 0 Å². The van der Waals surface area contributed by atoms with Crippen LogP contribution in [-0.2, 0) is 18.3 Å². The van der Waals surface area contributed by atoms with E-state index in [9.17, 15) is 5.26 Å². The summed E-state index contributed by atoms with van der Waals surface area (Å²) in [6.45, 7) is 2.50. The second-order valence-corrected chi connectivity index (χ2v) is 6.98. The molecule has 0 aromatic carbocycles. The Morgan fingerprint density at radius 1 is 1.39 bits per heavy atom. The van der Waals surface area contributed by atoms with Gasteiger partial charge in [0.25, 0.3) is 0 Å². The third kappa shape index (κ3) is 2.96. The third-order valence-electron chi connectivity index (χ3n) is 5.24. The minimum atomic E-state index is -0.256. The molecule has 0 bridgehead atoms. The lowest BCUT2D eigenvalue weighted by Gasteiger charge is -2.48. The van der Waals surface area contributed by atoms with Crippen LogP contribution in [0.25, 0.3) is 0 Å². The van der Waals surface area contributed by atoms with Crippen LogP contribution in [0, 0.1) is 11.3 Å². The number of hydrogen-bond donors (Lipinski definition) is 0. The zero-order valence-electron chi connectivity index (χ0n) is 14.5. The van der Waals surface area contributed by atoms with Crippen molar-refractivity contribution in [2.45, 2.75) is 50.3 Å². The summed E-state index contributed by atoms with van der Waals surface area (Å²) >= 11 is 0. The fourth-order valence-electron chi connectivity index (χ4n) is 4.04. The molecule has 6 heteroatoms. The van der Waals surface area contributed by atoms with E-state index in [1.807, 2.05) is 32.2 Å². The first-order valence-electron chi connectivity index (χ1n) is 8.53. The van der Waals surface area contributed by atoms with E-state index < -0.39 is 0 Å². The van der Waals surface area contributed by atoms with Gasteiger partial charge in [0, 0.05) is 40.8 Å². The van der Waals surface area contributed by atoms with Crippen molar-refractivity contribution in [3.8, 4) is 6.07 Å². The number of imidazole rings is 1. The molecule has 0 radical (unpaired) electrons. The summed E-state index contributed by atoms with van der Waals surface area (Å²) < 4.78 is 8.27. The molecule has 0 amide bonds. The molecule has 2 saturated heterocycles. The van der Waals surface area contributed by atoms with Crippen molar-refractivity contribution < 1.29 is 4.74 Å². The Bertz CT molecular complexity index is 577. The van der Waals surface area contributed by atoms with E-state index in [1.165, 1.54) is 6.42 Å². The van der Waals surface area contributed by atoms with Gasteiger partial charge in [-0.3, -0.25) is 4.90 Å². The average molecular weight is 317 g/mol. The maximum atomic E-state index is 9.82. The molecule has 2 atom stereocenters. The fraction of sp³-hybridized carbons (Fsp3) is 0.765. The normalized spacial score (nSPS) is 28.7. The van der Waals surface area contributed by atoms with Crippen molar-refractivity contribution in [3.05, 3.63) is 11.9 Å². The Hall–Kier alpha value is -1.58. The monoisotopic (exact) mass is 317 g/mol. The summed E-state index contributed by atoms with van der Waals surface area (Å²) in [5.41, 5.74) is 0.885. The molecule has 3 rings (SSSR count). The van der Waals surface area contributed by atoms with Crippen LogP contribution in [0.1, 0.15) is 37.8 Å². The molecule has 0 saturated carbocycles. The highest BCUT2D eigenvalue weighted by Crippen LogP contribution is 2.38. The predicted octanol–water partition coefficient (Wildman–Crippen LogP) is 1.91. The van der Waals surface area contributed by atoms with E-state index in [1.54, 1.807) is 0 Å². The van der Waals surface area contributed by atoms with E-state index in [2.05, 4.69) is 20.5 Å². The number of aromatic nitrogens is 2. The Balaban J connectivity index is 1.80. The number of nitrogens with zero attached hydrogens (tertiary/aromatic N) is 5. The van der Waals surface area contributed by atoms with Crippen LogP contribution >= 0.6 is 0 Å². The Morgan fingerprint density at radius 2 is 2.17 bits per heavy atom. The smallest absolute Gasteiger partial charge is 0.204 e. The number of ether oxygens (including phenoxy) is 1. The number of nitriles is 1. The Morgan fingerprint density at radius 3 is 2.78 bits per heavy atom. The molecule has 2 aliphatic rings. The lowest BCUT2D eigenvalue weighted by Crippen LogP contribution is -2.58. The zero-order chi connectivity index (χ0) is 16.4. The van der Waals surface area contributed by atoms with Gasteiger partial charge in [-0.15, -0.1) is 0 Å². The highest BCUT2D eigenvalue weighted by atomic mass is 16.5. The van der Waals surface area contributed by atoms with Gasteiger partial charge < -0.3 is 14.2 Å². The van der Waals surface area contributed by atoms with Gasteiger partial charge in [-0.05, 0) is 32.1 Å². The lowest BCUT2D eigenvalue weighted by atomic mass is 9.79. The van der Waals surface area contributed by atoms with Gasteiger partial charge in [-0.25, -0.2) is 4.98 Å². The first-order valence-corrected chi connectivity index (χ1v) is 8.53. The van der Waals surface area contributed by atoms with Crippen molar-refractivity contribution in [2.75, 3.05) is 32.1 Å². The molecule has 1 aromatic heterocycles. The molecule has 2 fully saturated rings. The van der Waals surface area contributed by atoms with Gasteiger partial charge in [0.05, 0.1) is 23.6 Å². The van der Waals surface area contributed by atoms with E-state index in [0.717, 1.165) is 57.0 Å². The van der Waals surface area contributed by atoms with Crippen LogP contribution in [-0.4, -0.2) is 53.3 Å². The summed E-state index contributed by atoms with van der Waals surface area (Å²) in [5.74, 6) is 0.939. The quantitative estimate of drug-likeness (QED) is 0.852. The second kappa shape index (κ2) is 6.50. The summed E-state index contributed by atoms with van der Waals surface area (Å²) in [5, 5.41) is 9.82. The Labute approximate surface area is 138 Å². The molecule has 0 N–H and O–H groups in total. The van der Waals surface area contributed by atoms with Gasteiger partial charge in [0.1, 0.15) is 6.04 Å². The minimum Gasteiger partial charge on any atom is -0.372 e. The minimum absolute atomic E-state index is 0.158. The molecular weight excluding hydrogens is 290 g/mol. The summed E-state index contributed by atoms with van der Waals surface area (Å²) in [6, 6.07) is 2.39. The fourth-order valence-corrected chi connectivity index (χ4v) is 4.04. The average Bonchev–Trinajstić information content (AvgIpc) is 2.90. The number of rotatable bonds is 3. The van der Waals surface area contributed by atoms with Crippen LogP contribution in [0.4, 0.5) is 5.95 Å². The molecular formula is C17H27N5O. The maximum Gasteiger partial charge on any atom is 0.204 e. The zero-order valence-corrected chi connectivity index (χ0v) is 14.5. The standard InChI is InChI=1S/C17H27N5O/c1-20(2)16-19-12-14(21(16)3)13-22-9-6-8-17(15(22)11-18)7-4-5-10-23-17/h12,15H,4-10,13H2,1-3H3/t15-,17+/m1/s1. The highest BCUT2D eigenvalue weighted by Gasteiger charge is 2.47. The van der Waals surface area contributed by atoms with Crippen LogP contribution in [0.3, 0.4) is 0 Å². The molecule has 3 heterocycles. The SMILES string of the molecule is CN(C)c1ncc(CN2CCC[C@@]3(CCCCO3)[C@H]2C#N)n1C. The lowest BCUT2D eigenvalue weighted by molar-refractivity contribution is -0.138. The maximum absolute atomic E-state index is 9.82. The van der Waals surface area contributed by atoms with Gasteiger partial charge in [0.15, 0.2) is 0 Å². The molecule has 0 aliphatic carbocycles. The molecule has 2 aliphatic heterocycles. The number of anilines is 1. The first kappa shape index (κ1) is 16.3. The van der Waals surface area contributed by atoms with Crippen molar-refractivity contribution in [2.24, 2.45) is 7.05 Å². The van der Waals surface area contributed by atoms with Crippen molar-refractivity contribution in [1.29, 1.82) is 5.26 Å². The van der Waals surface area contributed by atoms with Crippen molar-refractivity contribution in [3.63, 3.8) is 0 Å². The van der Waals surface area contributed by atoms with E-state index >= 15 is 0 Å². The van der Waals surface area contributed by atoms with Crippen LogP contribution < -0.4 is 4.90 Å². The summed E-state index contributed by atoms with van der Waals surface area (Å²) in [4.78, 5) is 8.77. The molecule has 1 spiro atoms. The molecule has 6 nitrogen and oxygen atoms in total. The molecule has 0 unspecified atom stereocenters. The van der Waals surface area contributed by atoms with Crippen LogP contribution in [0.15, 0.2) is 6.20 Å². The first-order chi connectivity index (χ1) is 11.1. The van der Waals surface area contributed by atoms with Crippen LogP contribution in [0.5, 0.6) is 0 Å². The molecule has 126 valence electrons. The topological polar surface area (TPSA) is 57.3 Å².